The monoisotopic (exact) mass is 148 g/mol. The lowest BCUT2D eigenvalue weighted by molar-refractivity contribution is -0.200. The third kappa shape index (κ3) is 1.67. The molecule has 0 bridgehead atoms. The quantitative estimate of drug-likeness (QED) is 0.506. The fourth-order valence-corrected chi connectivity index (χ4v) is 0.969. The number of hydrogen-bond donors (Lipinski definition) is 2. The molecule has 0 aliphatic carbocycles. The number of methoxy groups -OCH3 is 1. The maximum Gasteiger partial charge on any atom is 0.157 e. The van der Waals surface area contributed by atoms with E-state index >= 15 is 0 Å². The molecule has 1 aliphatic rings. The number of rotatable bonds is 1. The van der Waals surface area contributed by atoms with Crippen LogP contribution in [0.25, 0.3) is 0 Å². The first-order valence-corrected chi connectivity index (χ1v) is 3.24. The first kappa shape index (κ1) is 7.94. The van der Waals surface area contributed by atoms with Gasteiger partial charge in [0.1, 0.15) is 6.10 Å². The number of ether oxygens (including phenoxy) is 2. The van der Waals surface area contributed by atoms with Crippen molar-refractivity contribution in [3.05, 3.63) is 0 Å². The average molecular weight is 148 g/mol. The van der Waals surface area contributed by atoms with Crippen LogP contribution in [0.3, 0.4) is 0 Å². The fourth-order valence-electron chi connectivity index (χ4n) is 0.969. The summed E-state index contributed by atoms with van der Waals surface area (Å²) < 4.78 is 9.69. The van der Waals surface area contributed by atoms with Gasteiger partial charge in [-0.05, 0) is 0 Å². The minimum Gasteiger partial charge on any atom is -0.390 e. The second-order valence-electron chi connectivity index (χ2n) is 2.37. The topological polar surface area (TPSA) is 58.9 Å². The van der Waals surface area contributed by atoms with Gasteiger partial charge in [0.05, 0.1) is 12.7 Å². The lowest BCUT2D eigenvalue weighted by Crippen LogP contribution is -2.42. The van der Waals surface area contributed by atoms with Gasteiger partial charge in [0.25, 0.3) is 0 Å². The summed E-state index contributed by atoms with van der Waals surface area (Å²) in [7, 11) is 1.51. The van der Waals surface area contributed by atoms with Crippen LogP contribution in [-0.2, 0) is 9.47 Å². The molecule has 0 aromatic rings. The van der Waals surface area contributed by atoms with E-state index in [2.05, 4.69) is 0 Å². The highest BCUT2D eigenvalue weighted by molar-refractivity contribution is 4.73. The van der Waals surface area contributed by atoms with Crippen LogP contribution in [0.1, 0.15) is 6.42 Å². The van der Waals surface area contributed by atoms with E-state index in [9.17, 15) is 5.11 Å². The van der Waals surface area contributed by atoms with E-state index in [-0.39, 0.29) is 19.1 Å². The second-order valence-corrected chi connectivity index (χ2v) is 2.37. The Hall–Kier alpha value is -0.160. The first-order chi connectivity index (χ1) is 4.74. The van der Waals surface area contributed by atoms with Crippen molar-refractivity contribution >= 4 is 0 Å². The highest BCUT2D eigenvalue weighted by Gasteiger charge is 2.28. The molecule has 3 atom stereocenters. The minimum absolute atomic E-state index is 0.235. The minimum atomic E-state index is -0.832. The van der Waals surface area contributed by atoms with Crippen molar-refractivity contribution in [2.75, 3.05) is 13.7 Å². The van der Waals surface area contributed by atoms with E-state index in [1.807, 2.05) is 0 Å². The van der Waals surface area contributed by atoms with E-state index in [0.29, 0.717) is 0 Å². The van der Waals surface area contributed by atoms with E-state index in [1.54, 1.807) is 0 Å². The average Bonchev–Trinajstić information content (AvgIpc) is 1.88. The van der Waals surface area contributed by atoms with Gasteiger partial charge < -0.3 is 19.7 Å². The van der Waals surface area contributed by atoms with Gasteiger partial charge in [-0.25, -0.2) is 0 Å². The largest absolute Gasteiger partial charge is 0.390 e. The van der Waals surface area contributed by atoms with Crippen molar-refractivity contribution in [1.82, 2.24) is 0 Å². The molecule has 0 aromatic heterocycles. The fraction of sp³-hybridized carbons (Fsp3) is 1.00. The highest BCUT2D eigenvalue weighted by Crippen LogP contribution is 2.13. The van der Waals surface area contributed by atoms with Crippen molar-refractivity contribution in [3.63, 3.8) is 0 Å². The number of aliphatic hydroxyl groups excluding tert-OH is 2. The maximum absolute atomic E-state index is 9.17. The van der Waals surface area contributed by atoms with Gasteiger partial charge in [-0.15, -0.1) is 0 Å². The molecule has 0 radical (unpaired) electrons. The third-order valence-corrected chi connectivity index (χ3v) is 1.63. The van der Waals surface area contributed by atoms with Gasteiger partial charge in [0, 0.05) is 13.5 Å². The predicted octanol–water partition coefficient (Wildman–Crippen LogP) is -0.899. The van der Waals surface area contributed by atoms with Crippen LogP contribution in [-0.4, -0.2) is 42.4 Å². The van der Waals surface area contributed by atoms with Gasteiger partial charge >= 0.3 is 0 Å². The van der Waals surface area contributed by atoms with Crippen LogP contribution in [0.15, 0.2) is 0 Å². The van der Waals surface area contributed by atoms with E-state index < -0.39 is 12.4 Å². The Kier molecular flexibility index (Phi) is 2.62. The molecule has 60 valence electrons. The van der Waals surface area contributed by atoms with Gasteiger partial charge in [0.2, 0.25) is 0 Å². The Morgan fingerprint density at radius 2 is 2.20 bits per heavy atom. The molecular weight excluding hydrogens is 136 g/mol. The molecule has 1 aliphatic heterocycles. The Labute approximate surface area is 59.4 Å². The van der Waals surface area contributed by atoms with Crippen LogP contribution in [0.2, 0.25) is 0 Å². The van der Waals surface area contributed by atoms with Crippen LogP contribution < -0.4 is 0 Å². The Morgan fingerprint density at radius 1 is 1.50 bits per heavy atom. The molecule has 4 heteroatoms. The predicted molar refractivity (Wildman–Crippen MR) is 33.4 cm³/mol. The molecule has 0 spiro atoms. The summed E-state index contributed by atoms with van der Waals surface area (Å²) in [4.78, 5) is 0. The van der Waals surface area contributed by atoms with Crippen molar-refractivity contribution in [2.24, 2.45) is 0 Å². The van der Waals surface area contributed by atoms with Gasteiger partial charge in [0.15, 0.2) is 6.29 Å². The lowest BCUT2D eigenvalue weighted by atomic mass is 10.1. The zero-order valence-corrected chi connectivity index (χ0v) is 5.86. The van der Waals surface area contributed by atoms with E-state index in [0.717, 1.165) is 0 Å². The number of aliphatic hydroxyl groups is 2. The smallest absolute Gasteiger partial charge is 0.157 e. The molecule has 1 saturated heterocycles. The van der Waals surface area contributed by atoms with Crippen molar-refractivity contribution in [2.45, 2.75) is 24.9 Å². The molecule has 1 rings (SSSR count). The summed E-state index contributed by atoms with van der Waals surface area (Å²) >= 11 is 0. The zero-order chi connectivity index (χ0) is 7.56. The van der Waals surface area contributed by atoms with Crippen molar-refractivity contribution in [1.29, 1.82) is 0 Å². The molecule has 1 fully saturated rings. The van der Waals surface area contributed by atoms with E-state index in [1.165, 1.54) is 7.11 Å². The normalized spacial score (nSPS) is 41.7. The van der Waals surface area contributed by atoms with Crippen molar-refractivity contribution < 1.29 is 19.7 Å². The SMILES string of the molecule is COC1COC(O)CC1O. The molecule has 0 amide bonds. The van der Waals surface area contributed by atoms with Gasteiger partial charge in [-0.2, -0.15) is 0 Å². The van der Waals surface area contributed by atoms with Crippen LogP contribution >= 0.6 is 0 Å². The number of hydrogen-bond acceptors (Lipinski definition) is 4. The summed E-state index contributed by atoms with van der Waals surface area (Å²) in [6.07, 6.45) is -1.49. The van der Waals surface area contributed by atoms with Gasteiger partial charge in [-0.1, -0.05) is 0 Å². The summed E-state index contributed by atoms with van der Waals surface area (Å²) in [5.74, 6) is 0. The zero-order valence-electron chi connectivity index (χ0n) is 5.86. The molecule has 1 heterocycles. The molecule has 3 unspecified atom stereocenters. The molecular formula is C6H12O4. The van der Waals surface area contributed by atoms with Crippen molar-refractivity contribution in [3.8, 4) is 0 Å². The molecule has 10 heavy (non-hydrogen) atoms. The molecule has 4 nitrogen and oxygen atoms in total. The first-order valence-electron chi connectivity index (χ1n) is 3.24. The summed E-state index contributed by atoms with van der Waals surface area (Å²) in [6, 6.07) is 0. The molecule has 2 N–H and O–H groups in total. The summed E-state index contributed by atoms with van der Waals surface area (Å²) in [6.45, 7) is 0.263. The Balaban J connectivity index is 2.36. The summed E-state index contributed by atoms with van der Waals surface area (Å²) in [5, 5.41) is 18.0. The lowest BCUT2D eigenvalue weighted by Gasteiger charge is -2.29. The van der Waals surface area contributed by atoms with Crippen LogP contribution in [0, 0.1) is 0 Å². The molecule has 0 aromatic carbocycles. The Morgan fingerprint density at radius 3 is 2.70 bits per heavy atom. The van der Waals surface area contributed by atoms with E-state index in [4.69, 9.17) is 14.6 Å². The molecule has 0 saturated carbocycles. The highest BCUT2D eigenvalue weighted by atomic mass is 16.6. The summed E-state index contributed by atoms with van der Waals surface area (Å²) in [5.41, 5.74) is 0. The third-order valence-electron chi connectivity index (χ3n) is 1.63. The van der Waals surface area contributed by atoms with Gasteiger partial charge in [-0.3, -0.25) is 0 Å². The van der Waals surface area contributed by atoms with Crippen LogP contribution in [0.4, 0.5) is 0 Å². The Bertz CT molecular complexity index is 106. The maximum atomic E-state index is 9.17. The van der Waals surface area contributed by atoms with Crippen LogP contribution in [0.5, 0.6) is 0 Å². The standard InChI is InChI=1S/C6H12O4/c1-9-5-3-10-6(8)2-4(5)7/h4-8H,2-3H2,1H3. The second kappa shape index (κ2) is 3.30.